The van der Waals surface area contributed by atoms with Gasteiger partial charge in [0.2, 0.25) is 5.91 Å². The molecule has 0 radical (unpaired) electrons. The SMILES string of the molecule is CC(C)Cn1nc(C(=O)NCC(=O)Nc2ccc(F)c(F)c2F)c2ccccc2c1=O. The lowest BCUT2D eigenvalue weighted by atomic mass is 10.1. The third-order valence-electron chi connectivity index (χ3n) is 4.34. The molecule has 162 valence electrons. The predicted molar refractivity (Wildman–Crippen MR) is 108 cm³/mol. The molecule has 0 aliphatic carbocycles. The highest BCUT2D eigenvalue weighted by Crippen LogP contribution is 2.19. The molecule has 31 heavy (non-hydrogen) atoms. The first-order valence-electron chi connectivity index (χ1n) is 9.40. The molecule has 0 saturated heterocycles. The maximum Gasteiger partial charge on any atom is 0.274 e. The molecule has 0 spiro atoms. The van der Waals surface area contributed by atoms with Crippen LogP contribution in [0.25, 0.3) is 10.8 Å². The van der Waals surface area contributed by atoms with Crippen LogP contribution in [0.1, 0.15) is 24.3 Å². The van der Waals surface area contributed by atoms with Crippen LogP contribution in [0.15, 0.2) is 41.2 Å². The van der Waals surface area contributed by atoms with Gasteiger partial charge in [-0.2, -0.15) is 5.10 Å². The van der Waals surface area contributed by atoms with Crippen LogP contribution in [0, 0.1) is 23.4 Å². The Kier molecular flexibility index (Phi) is 6.38. The van der Waals surface area contributed by atoms with Crippen molar-refractivity contribution in [2.24, 2.45) is 5.92 Å². The van der Waals surface area contributed by atoms with E-state index in [0.717, 1.165) is 6.07 Å². The summed E-state index contributed by atoms with van der Waals surface area (Å²) in [5.74, 6) is -6.15. The maximum absolute atomic E-state index is 13.7. The molecule has 0 aliphatic heterocycles. The van der Waals surface area contributed by atoms with E-state index in [-0.39, 0.29) is 17.2 Å². The molecule has 0 bridgehead atoms. The average Bonchev–Trinajstić information content (AvgIpc) is 2.74. The van der Waals surface area contributed by atoms with E-state index in [0.29, 0.717) is 23.4 Å². The van der Waals surface area contributed by atoms with Gasteiger partial charge in [0.25, 0.3) is 11.5 Å². The van der Waals surface area contributed by atoms with Crippen LogP contribution in [-0.2, 0) is 11.3 Å². The van der Waals surface area contributed by atoms with E-state index in [9.17, 15) is 27.6 Å². The van der Waals surface area contributed by atoms with Crippen molar-refractivity contribution in [2.45, 2.75) is 20.4 Å². The van der Waals surface area contributed by atoms with Crippen molar-refractivity contribution in [1.82, 2.24) is 15.1 Å². The summed E-state index contributed by atoms with van der Waals surface area (Å²) in [5, 5.41) is 9.16. The second kappa shape index (κ2) is 8.99. The molecule has 0 fully saturated rings. The number of hydrogen-bond donors (Lipinski definition) is 2. The zero-order valence-corrected chi connectivity index (χ0v) is 16.7. The van der Waals surface area contributed by atoms with E-state index >= 15 is 0 Å². The molecule has 3 aromatic rings. The number of amides is 2. The molecule has 0 aliphatic rings. The van der Waals surface area contributed by atoms with E-state index in [1.54, 1.807) is 24.3 Å². The second-order valence-electron chi connectivity index (χ2n) is 7.23. The lowest BCUT2D eigenvalue weighted by Gasteiger charge is -2.13. The monoisotopic (exact) mass is 432 g/mol. The fraction of sp³-hybridized carbons (Fsp3) is 0.238. The van der Waals surface area contributed by atoms with Crippen molar-refractivity contribution < 1.29 is 22.8 Å². The molecule has 0 atom stereocenters. The number of carbonyl (C=O) groups excluding carboxylic acids is 2. The van der Waals surface area contributed by atoms with Gasteiger partial charge in [-0.3, -0.25) is 14.4 Å². The van der Waals surface area contributed by atoms with Crippen LogP contribution in [0.5, 0.6) is 0 Å². The van der Waals surface area contributed by atoms with E-state index in [1.165, 1.54) is 4.68 Å². The lowest BCUT2D eigenvalue weighted by Crippen LogP contribution is -2.36. The van der Waals surface area contributed by atoms with Crippen molar-refractivity contribution in [3.8, 4) is 0 Å². The van der Waals surface area contributed by atoms with Gasteiger partial charge in [-0.05, 0) is 24.1 Å². The summed E-state index contributed by atoms with van der Waals surface area (Å²) < 4.78 is 41.2. The van der Waals surface area contributed by atoms with E-state index in [4.69, 9.17) is 0 Å². The number of hydrogen-bond acceptors (Lipinski definition) is 4. The lowest BCUT2D eigenvalue weighted by molar-refractivity contribution is -0.115. The van der Waals surface area contributed by atoms with Crippen molar-refractivity contribution in [1.29, 1.82) is 0 Å². The molecule has 7 nitrogen and oxygen atoms in total. The van der Waals surface area contributed by atoms with Crippen molar-refractivity contribution in [2.75, 3.05) is 11.9 Å². The van der Waals surface area contributed by atoms with E-state index in [1.807, 2.05) is 13.8 Å². The van der Waals surface area contributed by atoms with Crippen LogP contribution in [0.4, 0.5) is 18.9 Å². The third kappa shape index (κ3) is 4.73. The van der Waals surface area contributed by atoms with Crippen LogP contribution in [0.2, 0.25) is 0 Å². The highest BCUT2D eigenvalue weighted by atomic mass is 19.2. The Morgan fingerprint density at radius 3 is 2.39 bits per heavy atom. The highest BCUT2D eigenvalue weighted by molar-refractivity contribution is 6.06. The summed E-state index contributed by atoms with van der Waals surface area (Å²) in [4.78, 5) is 37.3. The molecule has 10 heteroatoms. The number of nitrogens with one attached hydrogen (secondary N) is 2. The first-order valence-corrected chi connectivity index (χ1v) is 9.40. The minimum absolute atomic E-state index is 0.0531. The van der Waals surface area contributed by atoms with Crippen molar-refractivity contribution in [3.63, 3.8) is 0 Å². The number of aromatic nitrogens is 2. The summed E-state index contributed by atoms with van der Waals surface area (Å²) in [5.41, 5.74) is -0.956. The second-order valence-corrected chi connectivity index (χ2v) is 7.23. The first kappa shape index (κ1) is 22.0. The first-order chi connectivity index (χ1) is 14.7. The smallest absolute Gasteiger partial charge is 0.274 e. The Morgan fingerprint density at radius 2 is 1.71 bits per heavy atom. The molecular formula is C21H19F3N4O3. The van der Waals surface area contributed by atoms with Crippen LogP contribution in [0.3, 0.4) is 0 Å². The normalized spacial score (nSPS) is 11.0. The van der Waals surface area contributed by atoms with Gasteiger partial charge in [0.1, 0.15) is 0 Å². The zero-order valence-electron chi connectivity index (χ0n) is 16.7. The van der Waals surface area contributed by atoms with Gasteiger partial charge in [0, 0.05) is 11.9 Å². The average molecular weight is 432 g/mol. The zero-order chi connectivity index (χ0) is 22.7. The predicted octanol–water partition coefficient (Wildman–Crippen LogP) is 2.84. The van der Waals surface area contributed by atoms with E-state index in [2.05, 4.69) is 15.7 Å². The molecular weight excluding hydrogens is 413 g/mol. The van der Waals surface area contributed by atoms with Crippen molar-refractivity contribution >= 4 is 28.3 Å². The quantitative estimate of drug-likeness (QED) is 0.586. The Bertz CT molecular complexity index is 1220. The third-order valence-corrected chi connectivity index (χ3v) is 4.34. The number of nitrogens with zero attached hydrogens (tertiary/aromatic N) is 2. The van der Waals surface area contributed by atoms with Gasteiger partial charge >= 0.3 is 0 Å². The minimum Gasteiger partial charge on any atom is -0.342 e. The van der Waals surface area contributed by atoms with Gasteiger partial charge in [-0.15, -0.1) is 0 Å². The number of anilines is 1. The number of carbonyl (C=O) groups is 2. The summed E-state index contributed by atoms with van der Waals surface area (Å²) in [6, 6.07) is 7.98. The molecule has 0 unspecified atom stereocenters. The molecule has 1 aromatic heterocycles. The molecule has 2 amide bonds. The van der Waals surface area contributed by atoms with Crippen LogP contribution in [-0.4, -0.2) is 28.1 Å². The minimum atomic E-state index is -1.72. The molecule has 0 saturated carbocycles. The van der Waals surface area contributed by atoms with E-state index < -0.39 is 41.5 Å². The Hall–Kier alpha value is -3.69. The van der Waals surface area contributed by atoms with Gasteiger partial charge in [0.05, 0.1) is 17.6 Å². The molecule has 2 aromatic carbocycles. The summed E-state index contributed by atoms with van der Waals surface area (Å²) in [7, 11) is 0. The summed E-state index contributed by atoms with van der Waals surface area (Å²) in [6.07, 6.45) is 0. The number of benzene rings is 2. The largest absolute Gasteiger partial charge is 0.342 e. The van der Waals surface area contributed by atoms with Gasteiger partial charge in [-0.1, -0.05) is 32.0 Å². The fourth-order valence-corrected chi connectivity index (χ4v) is 2.93. The fourth-order valence-electron chi connectivity index (χ4n) is 2.93. The highest BCUT2D eigenvalue weighted by Gasteiger charge is 2.19. The number of halogens is 3. The number of fused-ring (bicyclic) bond motifs is 1. The maximum atomic E-state index is 13.7. The molecule has 3 rings (SSSR count). The summed E-state index contributed by atoms with van der Waals surface area (Å²) >= 11 is 0. The van der Waals surface area contributed by atoms with Gasteiger partial charge in [-0.25, -0.2) is 17.9 Å². The molecule has 1 heterocycles. The topological polar surface area (TPSA) is 93.1 Å². The van der Waals surface area contributed by atoms with Gasteiger partial charge in [0.15, 0.2) is 23.1 Å². The van der Waals surface area contributed by atoms with Gasteiger partial charge < -0.3 is 10.6 Å². The van der Waals surface area contributed by atoms with Crippen LogP contribution >= 0.6 is 0 Å². The standard InChI is InChI=1S/C21H19F3N4O3/c1-11(2)10-28-21(31)13-6-4-3-5-12(13)19(27-28)20(30)25-9-16(29)26-15-8-7-14(22)17(23)18(15)24/h3-8,11H,9-10H2,1-2H3,(H,25,30)(H,26,29). The number of rotatable bonds is 6. The summed E-state index contributed by atoms with van der Waals surface area (Å²) in [6.45, 7) is 3.49. The Labute approximate surface area is 174 Å². The molecule has 2 N–H and O–H groups in total. The van der Waals surface area contributed by atoms with Crippen LogP contribution < -0.4 is 16.2 Å². The Morgan fingerprint density at radius 1 is 1.03 bits per heavy atom. The van der Waals surface area contributed by atoms with Crippen molar-refractivity contribution in [3.05, 3.63) is 69.9 Å². The Balaban J connectivity index is 1.80.